The minimum atomic E-state index is -0.413. The lowest BCUT2D eigenvalue weighted by atomic mass is 9.87. The van der Waals surface area contributed by atoms with E-state index in [1.165, 1.54) is 5.56 Å². The van der Waals surface area contributed by atoms with Gasteiger partial charge in [-0.1, -0.05) is 32.9 Å². The Balaban J connectivity index is 2.47. The number of amides is 2. The second-order valence-electron chi connectivity index (χ2n) is 6.00. The number of benzene rings is 1. The third kappa shape index (κ3) is 6.45. The molecular formula is C17H28N2O3. The fraction of sp³-hybridized carbons (Fsp3) is 0.588. The molecule has 0 aliphatic rings. The van der Waals surface area contributed by atoms with Crippen molar-refractivity contribution in [1.29, 1.82) is 0 Å². The SMILES string of the molecule is CCOC(CNC(=O)Nc1ccc(C(C)(C)C)cc1)OCC. The summed E-state index contributed by atoms with van der Waals surface area (Å²) in [5.74, 6) is 0. The maximum Gasteiger partial charge on any atom is 0.319 e. The molecule has 0 saturated heterocycles. The molecule has 5 heteroatoms. The highest BCUT2D eigenvalue weighted by molar-refractivity contribution is 5.89. The fourth-order valence-electron chi connectivity index (χ4n) is 1.94. The van der Waals surface area contributed by atoms with Crippen LogP contribution in [0.1, 0.15) is 40.2 Å². The van der Waals surface area contributed by atoms with E-state index in [0.717, 1.165) is 5.69 Å². The third-order valence-corrected chi connectivity index (χ3v) is 3.14. The van der Waals surface area contributed by atoms with Crippen molar-refractivity contribution in [3.05, 3.63) is 29.8 Å². The number of anilines is 1. The van der Waals surface area contributed by atoms with Gasteiger partial charge in [-0.25, -0.2) is 4.79 Å². The Bertz CT molecular complexity index is 446. The smallest absolute Gasteiger partial charge is 0.319 e. The molecule has 2 N–H and O–H groups in total. The van der Waals surface area contributed by atoms with Crippen molar-refractivity contribution < 1.29 is 14.3 Å². The molecule has 0 spiro atoms. The quantitative estimate of drug-likeness (QED) is 0.758. The minimum Gasteiger partial charge on any atom is -0.351 e. The molecule has 0 saturated carbocycles. The number of hydrogen-bond acceptors (Lipinski definition) is 3. The van der Waals surface area contributed by atoms with E-state index < -0.39 is 6.29 Å². The Morgan fingerprint density at radius 1 is 1.09 bits per heavy atom. The lowest BCUT2D eigenvalue weighted by molar-refractivity contribution is -0.131. The Labute approximate surface area is 133 Å². The number of nitrogens with one attached hydrogen (secondary N) is 2. The van der Waals surface area contributed by atoms with E-state index in [0.29, 0.717) is 19.8 Å². The van der Waals surface area contributed by atoms with Crippen LogP contribution in [0, 0.1) is 0 Å². The summed E-state index contributed by atoms with van der Waals surface area (Å²) < 4.78 is 10.7. The zero-order valence-corrected chi connectivity index (χ0v) is 14.2. The van der Waals surface area contributed by atoms with Gasteiger partial charge < -0.3 is 20.1 Å². The van der Waals surface area contributed by atoms with Crippen LogP contribution in [0.3, 0.4) is 0 Å². The van der Waals surface area contributed by atoms with Crippen LogP contribution in [0.25, 0.3) is 0 Å². The van der Waals surface area contributed by atoms with Crippen LogP contribution >= 0.6 is 0 Å². The van der Waals surface area contributed by atoms with Crippen molar-refractivity contribution in [2.24, 2.45) is 0 Å². The van der Waals surface area contributed by atoms with Gasteiger partial charge in [-0.15, -0.1) is 0 Å². The zero-order chi connectivity index (χ0) is 16.6. The molecule has 0 unspecified atom stereocenters. The number of carbonyl (C=O) groups excluding carboxylic acids is 1. The van der Waals surface area contributed by atoms with Gasteiger partial charge >= 0.3 is 6.03 Å². The van der Waals surface area contributed by atoms with Crippen molar-refractivity contribution >= 4 is 11.7 Å². The van der Waals surface area contributed by atoms with Gasteiger partial charge in [0.15, 0.2) is 6.29 Å². The largest absolute Gasteiger partial charge is 0.351 e. The van der Waals surface area contributed by atoms with Crippen molar-refractivity contribution in [3.8, 4) is 0 Å². The molecule has 22 heavy (non-hydrogen) atoms. The average molecular weight is 308 g/mol. The highest BCUT2D eigenvalue weighted by atomic mass is 16.7. The first-order valence-corrected chi connectivity index (χ1v) is 7.75. The van der Waals surface area contributed by atoms with Gasteiger partial charge in [0.1, 0.15) is 0 Å². The number of carbonyl (C=O) groups is 1. The molecule has 1 rings (SSSR count). The molecule has 0 bridgehead atoms. The van der Waals surface area contributed by atoms with Gasteiger partial charge in [0, 0.05) is 18.9 Å². The zero-order valence-electron chi connectivity index (χ0n) is 14.2. The maximum absolute atomic E-state index is 11.9. The summed E-state index contributed by atoms with van der Waals surface area (Å²) in [6.45, 7) is 11.7. The van der Waals surface area contributed by atoms with Crippen molar-refractivity contribution in [2.45, 2.75) is 46.3 Å². The average Bonchev–Trinajstić information content (AvgIpc) is 2.45. The molecule has 0 aromatic heterocycles. The van der Waals surface area contributed by atoms with E-state index in [4.69, 9.17) is 9.47 Å². The Hall–Kier alpha value is -1.59. The highest BCUT2D eigenvalue weighted by Crippen LogP contribution is 2.23. The number of hydrogen-bond donors (Lipinski definition) is 2. The number of rotatable bonds is 7. The van der Waals surface area contributed by atoms with Gasteiger partial charge in [0.2, 0.25) is 0 Å². The number of ether oxygens (including phenoxy) is 2. The van der Waals surface area contributed by atoms with Gasteiger partial charge in [-0.05, 0) is 37.0 Å². The van der Waals surface area contributed by atoms with Crippen molar-refractivity contribution in [2.75, 3.05) is 25.1 Å². The van der Waals surface area contributed by atoms with Crippen LogP contribution in [0.5, 0.6) is 0 Å². The first-order valence-electron chi connectivity index (χ1n) is 7.75. The lowest BCUT2D eigenvalue weighted by Gasteiger charge is -2.19. The van der Waals surface area contributed by atoms with Crippen LogP contribution in [0.4, 0.5) is 10.5 Å². The van der Waals surface area contributed by atoms with Crippen molar-refractivity contribution in [1.82, 2.24) is 5.32 Å². The normalized spacial score (nSPS) is 11.5. The van der Waals surface area contributed by atoms with E-state index in [2.05, 4.69) is 31.4 Å². The second kappa shape index (κ2) is 8.76. The first-order chi connectivity index (χ1) is 10.4. The molecule has 0 aliphatic heterocycles. The van der Waals surface area contributed by atoms with Gasteiger partial charge in [-0.3, -0.25) is 0 Å². The van der Waals surface area contributed by atoms with Crippen LogP contribution in [-0.4, -0.2) is 32.1 Å². The van der Waals surface area contributed by atoms with E-state index in [1.54, 1.807) is 0 Å². The molecule has 1 aromatic carbocycles. The van der Waals surface area contributed by atoms with E-state index >= 15 is 0 Å². The molecule has 5 nitrogen and oxygen atoms in total. The predicted molar refractivity (Wildman–Crippen MR) is 89.2 cm³/mol. The first kappa shape index (κ1) is 18.5. The Morgan fingerprint density at radius 2 is 1.64 bits per heavy atom. The maximum atomic E-state index is 11.9. The number of urea groups is 1. The molecule has 0 atom stereocenters. The summed E-state index contributed by atoms with van der Waals surface area (Å²) in [4.78, 5) is 11.9. The lowest BCUT2D eigenvalue weighted by Crippen LogP contribution is -2.37. The van der Waals surface area contributed by atoms with Crippen LogP contribution < -0.4 is 10.6 Å². The predicted octanol–water partition coefficient (Wildman–Crippen LogP) is 3.50. The topological polar surface area (TPSA) is 59.6 Å². The van der Waals surface area contributed by atoms with Crippen LogP contribution in [0.2, 0.25) is 0 Å². The molecule has 0 radical (unpaired) electrons. The molecular weight excluding hydrogens is 280 g/mol. The summed E-state index contributed by atoms with van der Waals surface area (Å²) >= 11 is 0. The second-order valence-corrected chi connectivity index (χ2v) is 6.00. The summed E-state index contributed by atoms with van der Waals surface area (Å²) in [7, 11) is 0. The monoisotopic (exact) mass is 308 g/mol. The van der Waals surface area contributed by atoms with E-state index in [9.17, 15) is 4.79 Å². The summed E-state index contributed by atoms with van der Waals surface area (Å²) in [5.41, 5.74) is 2.09. The van der Waals surface area contributed by atoms with Crippen LogP contribution in [-0.2, 0) is 14.9 Å². The van der Waals surface area contributed by atoms with Crippen molar-refractivity contribution in [3.63, 3.8) is 0 Å². The Morgan fingerprint density at radius 3 is 2.09 bits per heavy atom. The fourth-order valence-corrected chi connectivity index (χ4v) is 1.94. The van der Waals surface area contributed by atoms with E-state index in [-0.39, 0.29) is 11.4 Å². The summed E-state index contributed by atoms with van der Waals surface area (Å²) in [6.07, 6.45) is -0.413. The van der Waals surface area contributed by atoms with Gasteiger partial charge in [0.25, 0.3) is 0 Å². The molecule has 0 heterocycles. The molecule has 0 fully saturated rings. The molecule has 124 valence electrons. The standard InChI is InChI=1S/C17H28N2O3/c1-6-21-15(22-7-2)12-18-16(20)19-14-10-8-13(9-11-14)17(3,4)5/h8-11,15H,6-7,12H2,1-5H3,(H2,18,19,20). The third-order valence-electron chi connectivity index (χ3n) is 3.14. The van der Waals surface area contributed by atoms with Gasteiger partial charge in [-0.2, -0.15) is 0 Å². The van der Waals surface area contributed by atoms with Gasteiger partial charge in [0.05, 0.1) is 6.54 Å². The molecule has 2 amide bonds. The van der Waals surface area contributed by atoms with Crippen LogP contribution in [0.15, 0.2) is 24.3 Å². The summed E-state index contributed by atoms with van der Waals surface area (Å²) in [5, 5.41) is 5.54. The summed E-state index contributed by atoms with van der Waals surface area (Å²) in [6, 6.07) is 7.59. The van der Waals surface area contributed by atoms with E-state index in [1.807, 2.05) is 38.1 Å². The minimum absolute atomic E-state index is 0.100. The highest BCUT2D eigenvalue weighted by Gasteiger charge is 2.13. The Kier molecular flexibility index (Phi) is 7.35. The molecule has 0 aliphatic carbocycles. The molecule has 1 aromatic rings.